The topological polar surface area (TPSA) is 45.7 Å². The van der Waals surface area contributed by atoms with Gasteiger partial charge in [0.15, 0.2) is 5.96 Å². The summed E-state index contributed by atoms with van der Waals surface area (Å²) in [5.41, 5.74) is 1.23. The highest BCUT2D eigenvalue weighted by Gasteiger charge is 2.22. The van der Waals surface area contributed by atoms with Crippen LogP contribution in [0.15, 0.2) is 29.3 Å². The summed E-state index contributed by atoms with van der Waals surface area (Å²) in [6.45, 7) is 4.69. The van der Waals surface area contributed by atoms with Crippen LogP contribution in [0.1, 0.15) is 37.8 Å². The largest absolute Gasteiger partial charge is 0.493 e. The molecule has 1 atom stereocenters. The average Bonchev–Trinajstić information content (AvgIpc) is 2.61. The van der Waals surface area contributed by atoms with Crippen LogP contribution in [0.3, 0.4) is 0 Å². The van der Waals surface area contributed by atoms with E-state index in [-0.39, 0.29) is 6.04 Å². The minimum absolute atomic E-state index is 0.277. The molecule has 0 aliphatic carbocycles. The molecule has 0 radical (unpaired) electrons. The fourth-order valence-electron chi connectivity index (χ4n) is 3.13. The monoisotopic (exact) mass is 333 g/mol. The lowest BCUT2D eigenvalue weighted by atomic mass is 10.0. The van der Waals surface area contributed by atoms with E-state index < -0.39 is 0 Å². The van der Waals surface area contributed by atoms with E-state index in [1.54, 1.807) is 0 Å². The third-order valence-corrected chi connectivity index (χ3v) is 5.51. The molecule has 0 amide bonds. The molecule has 1 unspecified atom stereocenters. The molecule has 0 aromatic heterocycles. The molecule has 126 valence electrons. The third-order valence-electron chi connectivity index (χ3n) is 4.46. The van der Waals surface area contributed by atoms with Crippen LogP contribution in [0.5, 0.6) is 5.75 Å². The van der Waals surface area contributed by atoms with Crippen molar-refractivity contribution in [1.82, 2.24) is 10.6 Å². The summed E-state index contributed by atoms with van der Waals surface area (Å²) in [6.07, 6.45) is 3.57. The predicted octanol–water partition coefficient (Wildman–Crippen LogP) is 3.21. The highest BCUT2D eigenvalue weighted by Crippen LogP contribution is 2.31. The van der Waals surface area contributed by atoms with E-state index in [0.29, 0.717) is 0 Å². The van der Waals surface area contributed by atoms with Gasteiger partial charge < -0.3 is 15.4 Å². The molecular weight excluding hydrogens is 306 g/mol. The van der Waals surface area contributed by atoms with Crippen LogP contribution >= 0.6 is 11.8 Å². The summed E-state index contributed by atoms with van der Waals surface area (Å²) in [4.78, 5) is 4.85. The molecule has 1 aromatic rings. The first-order valence-corrected chi connectivity index (χ1v) is 9.86. The molecule has 23 heavy (non-hydrogen) atoms. The Bertz CT molecular complexity index is 529. The Morgan fingerprint density at radius 1 is 1.26 bits per heavy atom. The van der Waals surface area contributed by atoms with E-state index in [4.69, 9.17) is 9.73 Å². The second-order valence-electron chi connectivity index (χ2n) is 6.15. The number of ether oxygens (including phenoxy) is 1. The summed E-state index contributed by atoms with van der Waals surface area (Å²) in [5, 5.41) is 7.00. The van der Waals surface area contributed by atoms with Gasteiger partial charge in [-0.3, -0.25) is 4.99 Å². The predicted molar refractivity (Wildman–Crippen MR) is 98.5 cm³/mol. The molecule has 1 fully saturated rings. The lowest BCUT2D eigenvalue weighted by molar-refractivity contribution is 0.261. The van der Waals surface area contributed by atoms with Crippen LogP contribution in [-0.4, -0.2) is 37.2 Å². The molecule has 2 aliphatic rings. The summed E-state index contributed by atoms with van der Waals surface area (Å²) >= 11 is 2.07. The van der Waals surface area contributed by atoms with Crippen LogP contribution in [0.4, 0.5) is 0 Å². The van der Waals surface area contributed by atoms with Crippen molar-refractivity contribution in [3.63, 3.8) is 0 Å². The van der Waals surface area contributed by atoms with Gasteiger partial charge in [0.2, 0.25) is 0 Å². The Morgan fingerprint density at radius 2 is 2.09 bits per heavy atom. The van der Waals surface area contributed by atoms with Crippen LogP contribution in [-0.2, 0) is 0 Å². The van der Waals surface area contributed by atoms with Crippen molar-refractivity contribution < 1.29 is 4.74 Å². The van der Waals surface area contributed by atoms with Gasteiger partial charge in [0.1, 0.15) is 5.75 Å². The number of aliphatic imine (C=N–C) groups is 1. The Balaban J connectivity index is 1.65. The normalized spacial score (nSPS) is 22.1. The molecule has 2 heterocycles. The molecule has 2 aliphatic heterocycles. The number of hydrogen-bond donors (Lipinski definition) is 2. The number of hydrogen-bond acceptors (Lipinski definition) is 3. The van der Waals surface area contributed by atoms with Crippen molar-refractivity contribution in [3.8, 4) is 5.75 Å². The van der Waals surface area contributed by atoms with Crippen LogP contribution in [0.2, 0.25) is 0 Å². The first kappa shape index (κ1) is 16.5. The second kappa shape index (κ2) is 8.48. The fraction of sp³-hybridized carbons (Fsp3) is 0.611. The Kier molecular flexibility index (Phi) is 6.08. The van der Waals surface area contributed by atoms with Gasteiger partial charge >= 0.3 is 0 Å². The SMILES string of the molecule is CCNC(=NCC1CCSCC1)NC1CCOc2ccccc21. The van der Waals surface area contributed by atoms with E-state index in [2.05, 4.69) is 41.5 Å². The smallest absolute Gasteiger partial charge is 0.191 e. The van der Waals surface area contributed by atoms with Crippen LogP contribution < -0.4 is 15.4 Å². The first-order chi connectivity index (χ1) is 11.4. The number of rotatable bonds is 4. The van der Waals surface area contributed by atoms with E-state index in [9.17, 15) is 0 Å². The van der Waals surface area contributed by atoms with Gasteiger partial charge in [-0.25, -0.2) is 0 Å². The molecule has 5 heteroatoms. The standard InChI is InChI=1S/C18H27N3OS/c1-2-19-18(20-13-14-8-11-23-12-9-14)21-16-7-10-22-17-6-4-3-5-15(16)17/h3-6,14,16H,2,7-13H2,1H3,(H2,19,20,21). The minimum Gasteiger partial charge on any atom is -0.493 e. The highest BCUT2D eigenvalue weighted by molar-refractivity contribution is 7.99. The lowest BCUT2D eigenvalue weighted by Crippen LogP contribution is -2.41. The van der Waals surface area contributed by atoms with E-state index in [1.807, 2.05) is 12.1 Å². The quantitative estimate of drug-likeness (QED) is 0.656. The molecule has 1 saturated heterocycles. The average molecular weight is 334 g/mol. The molecule has 3 rings (SSSR count). The number of fused-ring (bicyclic) bond motifs is 1. The minimum atomic E-state index is 0.277. The third kappa shape index (κ3) is 4.56. The first-order valence-electron chi connectivity index (χ1n) is 8.71. The number of benzene rings is 1. The van der Waals surface area contributed by atoms with Crippen molar-refractivity contribution in [1.29, 1.82) is 0 Å². The van der Waals surface area contributed by atoms with Crippen molar-refractivity contribution in [2.24, 2.45) is 10.9 Å². The lowest BCUT2D eigenvalue weighted by Gasteiger charge is -2.28. The summed E-state index contributed by atoms with van der Waals surface area (Å²) in [6, 6.07) is 8.58. The maximum absolute atomic E-state index is 5.75. The van der Waals surface area contributed by atoms with Crippen LogP contribution in [0.25, 0.3) is 0 Å². The fourth-order valence-corrected chi connectivity index (χ4v) is 4.33. The van der Waals surface area contributed by atoms with Crippen molar-refractivity contribution >= 4 is 17.7 Å². The van der Waals surface area contributed by atoms with Gasteiger partial charge in [0.25, 0.3) is 0 Å². The van der Waals surface area contributed by atoms with Gasteiger partial charge in [-0.2, -0.15) is 11.8 Å². The molecule has 0 bridgehead atoms. The van der Waals surface area contributed by atoms with Gasteiger partial charge in [-0.05, 0) is 43.3 Å². The molecular formula is C18H27N3OS. The number of para-hydroxylation sites is 1. The number of guanidine groups is 1. The van der Waals surface area contributed by atoms with Crippen LogP contribution in [0, 0.1) is 5.92 Å². The zero-order valence-electron chi connectivity index (χ0n) is 13.9. The summed E-state index contributed by atoms with van der Waals surface area (Å²) in [5.74, 6) is 5.26. The molecule has 0 saturated carbocycles. The molecule has 2 N–H and O–H groups in total. The summed E-state index contributed by atoms with van der Waals surface area (Å²) in [7, 11) is 0. The van der Waals surface area contributed by atoms with Crippen molar-refractivity contribution in [2.45, 2.75) is 32.2 Å². The molecule has 4 nitrogen and oxygen atoms in total. The molecule has 0 spiro atoms. The van der Waals surface area contributed by atoms with Gasteiger partial charge in [-0.15, -0.1) is 0 Å². The molecule has 1 aromatic carbocycles. The van der Waals surface area contributed by atoms with E-state index in [0.717, 1.165) is 43.7 Å². The van der Waals surface area contributed by atoms with Crippen molar-refractivity contribution in [3.05, 3.63) is 29.8 Å². The maximum Gasteiger partial charge on any atom is 0.191 e. The number of thioether (sulfide) groups is 1. The Morgan fingerprint density at radius 3 is 2.91 bits per heavy atom. The van der Waals surface area contributed by atoms with Gasteiger partial charge in [0.05, 0.1) is 12.6 Å². The highest BCUT2D eigenvalue weighted by atomic mass is 32.2. The van der Waals surface area contributed by atoms with Gasteiger partial charge in [-0.1, -0.05) is 18.2 Å². The maximum atomic E-state index is 5.75. The second-order valence-corrected chi connectivity index (χ2v) is 7.37. The Hall–Kier alpha value is -1.36. The zero-order chi connectivity index (χ0) is 15.9. The Labute approximate surface area is 143 Å². The van der Waals surface area contributed by atoms with Crippen molar-refractivity contribution in [2.75, 3.05) is 31.2 Å². The van der Waals surface area contributed by atoms with E-state index in [1.165, 1.54) is 29.9 Å². The van der Waals surface area contributed by atoms with Gasteiger partial charge in [0, 0.05) is 25.1 Å². The van der Waals surface area contributed by atoms with E-state index >= 15 is 0 Å². The summed E-state index contributed by atoms with van der Waals surface area (Å²) < 4.78 is 5.75. The number of nitrogens with one attached hydrogen (secondary N) is 2. The zero-order valence-corrected chi connectivity index (χ0v) is 14.7. The number of nitrogens with zero attached hydrogens (tertiary/aromatic N) is 1.